The van der Waals surface area contributed by atoms with E-state index in [4.69, 9.17) is 19.2 Å². The molecule has 0 aliphatic carbocycles. The predicted molar refractivity (Wildman–Crippen MR) is 148 cm³/mol. The third-order valence-corrected chi connectivity index (χ3v) is 6.60. The lowest BCUT2D eigenvalue weighted by atomic mass is 10.1. The van der Waals surface area contributed by atoms with Crippen molar-refractivity contribution in [2.75, 3.05) is 14.2 Å². The van der Waals surface area contributed by atoms with Gasteiger partial charge in [-0.3, -0.25) is 9.69 Å². The summed E-state index contributed by atoms with van der Waals surface area (Å²) in [6.07, 6.45) is 1.69. The summed E-state index contributed by atoms with van der Waals surface area (Å²) in [5.74, 6) is 0.612. The first-order chi connectivity index (χ1) is 18.3. The van der Waals surface area contributed by atoms with Crippen LogP contribution in [-0.4, -0.2) is 47.4 Å². The molecule has 0 unspecified atom stereocenters. The Kier molecular flexibility index (Phi) is 8.38. The van der Waals surface area contributed by atoms with E-state index in [-0.39, 0.29) is 24.1 Å². The average molecular weight is 533 g/mol. The molecule has 3 aromatic rings. The fourth-order valence-electron chi connectivity index (χ4n) is 3.74. The Morgan fingerprint density at radius 2 is 1.74 bits per heavy atom. The van der Waals surface area contributed by atoms with E-state index in [0.29, 0.717) is 38.6 Å². The van der Waals surface area contributed by atoms with E-state index in [1.807, 2.05) is 44.2 Å². The number of methoxy groups -OCH3 is 2. The fraction of sp³-hybridized carbons (Fsp3) is 0.207. The molecule has 0 atom stereocenters. The van der Waals surface area contributed by atoms with Gasteiger partial charge < -0.3 is 19.3 Å². The molecule has 0 radical (unpaired) electrons. The van der Waals surface area contributed by atoms with Gasteiger partial charge in [0.15, 0.2) is 16.7 Å². The van der Waals surface area contributed by atoms with Gasteiger partial charge in [0.2, 0.25) is 0 Å². The SMILES string of the molecule is COc1ccc(N=C2S/C(=C\c3cccc(OC)c3OC(C)C)C(=O)N2Cc2ccc(C(=O)O)cc2)cc1. The van der Waals surface area contributed by atoms with E-state index in [0.717, 1.165) is 5.56 Å². The standard InChI is InChI=1S/C29H28N2O6S/c1-18(2)37-26-21(6-5-7-24(26)36-4)16-25-27(32)31(17-19-8-10-20(11-9-19)28(33)34)29(38-25)30-22-12-14-23(35-3)15-13-22/h5-16,18H,17H2,1-4H3,(H,33,34)/b25-16-,30-29?. The summed E-state index contributed by atoms with van der Waals surface area (Å²) < 4.78 is 16.7. The second-order valence-corrected chi connectivity index (χ2v) is 9.65. The molecule has 1 aliphatic heterocycles. The molecular weight excluding hydrogens is 504 g/mol. The molecule has 1 heterocycles. The summed E-state index contributed by atoms with van der Waals surface area (Å²) in [6.45, 7) is 4.08. The summed E-state index contributed by atoms with van der Waals surface area (Å²) in [5.41, 5.74) is 2.33. The molecule has 0 bridgehead atoms. The van der Waals surface area contributed by atoms with Crippen LogP contribution in [0.3, 0.4) is 0 Å². The number of benzene rings is 3. The van der Waals surface area contributed by atoms with E-state index in [2.05, 4.69) is 0 Å². The van der Waals surface area contributed by atoms with Gasteiger partial charge >= 0.3 is 5.97 Å². The molecule has 1 saturated heterocycles. The molecule has 1 amide bonds. The van der Waals surface area contributed by atoms with Crippen molar-refractivity contribution in [2.45, 2.75) is 26.5 Å². The number of amides is 1. The number of nitrogens with zero attached hydrogens (tertiary/aromatic N) is 2. The minimum atomic E-state index is -1.01. The van der Waals surface area contributed by atoms with Gasteiger partial charge in [0.05, 0.1) is 43.0 Å². The molecule has 38 heavy (non-hydrogen) atoms. The number of hydrogen-bond acceptors (Lipinski definition) is 7. The largest absolute Gasteiger partial charge is 0.497 e. The third-order valence-electron chi connectivity index (χ3n) is 5.60. The Hall–Kier alpha value is -4.24. The van der Waals surface area contributed by atoms with Gasteiger partial charge in [0.1, 0.15) is 5.75 Å². The molecule has 1 N–H and O–H groups in total. The topological polar surface area (TPSA) is 97.7 Å². The summed E-state index contributed by atoms with van der Waals surface area (Å²) in [7, 11) is 3.17. The van der Waals surface area contributed by atoms with Crippen LogP contribution in [0.2, 0.25) is 0 Å². The maximum Gasteiger partial charge on any atom is 0.335 e. The zero-order valence-electron chi connectivity index (χ0n) is 21.5. The Bertz CT molecular complexity index is 1380. The molecule has 4 rings (SSSR count). The minimum Gasteiger partial charge on any atom is -0.497 e. The number of hydrogen-bond donors (Lipinski definition) is 1. The average Bonchev–Trinajstić information content (AvgIpc) is 3.18. The second-order valence-electron chi connectivity index (χ2n) is 8.64. The first-order valence-electron chi connectivity index (χ1n) is 11.9. The zero-order chi connectivity index (χ0) is 27.2. The van der Waals surface area contributed by atoms with Crippen LogP contribution >= 0.6 is 11.8 Å². The summed E-state index contributed by atoms with van der Waals surface area (Å²) in [4.78, 5) is 31.7. The smallest absolute Gasteiger partial charge is 0.335 e. The predicted octanol–water partition coefficient (Wildman–Crippen LogP) is 5.99. The lowest BCUT2D eigenvalue weighted by molar-refractivity contribution is -0.122. The molecule has 0 saturated carbocycles. The van der Waals surface area contributed by atoms with Crippen molar-refractivity contribution in [1.82, 2.24) is 4.90 Å². The molecule has 3 aromatic carbocycles. The third kappa shape index (κ3) is 6.18. The molecule has 1 aliphatic rings. The van der Waals surface area contributed by atoms with Gasteiger partial charge in [-0.25, -0.2) is 9.79 Å². The quantitative estimate of drug-likeness (QED) is 0.338. The van der Waals surface area contributed by atoms with Crippen LogP contribution in [0.4, 0.5) is 5.69 Å². The number of amidine groups is 1. The van der Waals surface area contributed by atoms with E-state index in [1.165, 1.54) is 23.9 Å². The normalized spacial score (nSPS) is 15.4. The van der Waals surface area contributed by atoms with Crippen molar-refractivity contribution < 1.29 is 28.9 Å². The van der Waals surface area contributed by atoms with Crippen molar-refractivity contribution >= 4 is 40.6 Å². The molecular formula is C29H28N2O6S. The van der Waals surface area contributed by atoms with Crippen LogP contribution in [0.15, 0.2) is 76.6 Å². The number of thioether (sulfide) groups is 1. The maximum absolute atomic E-state index is 13.6. The number of aromatic carboxylic acids is 1. The van der Waals surface area contributed by atoms with Crippen LogP contribution in [0.5, 0.6) is 17.2 Å². The number of carboxylic acids is 1. The van der Waals surface area contributed by atoms with Crippen LogP contribution in [0.1, 0.15) is 35.3 Å². The van der Waals surface area contributed by atoms with Gasteiger partial charge in [-0.15, -0.1) is 0 Å². The highest BCUT2D eigenvalue weighted by Crippen LogP contribution is 2.39. The van der Waals surface area contributed by atoms with Crippen LogP contribution < -0.4 is 14.2 Å². The molecule has 1 fully saturated rings. The Balaban J connectivity index is 1.73. The zero-order valence-corrected chi connectivity index (χ0v) is 22.3. The highest BCUT2D eigenvalue weighted by atomic mass is 32.2. The summed E-state index contributed by atoms with van der Waals surface area (Å²) in [6, 6.07) is 19.2. The van der Waals surface area contributed by atoms with Crippen molar-refractivity contribution in [3.05, 3.63) is 88.3 Å². The summed E-state index contributed by atoms with van der Waals surface area (Å²) >= 11 is 1.26. The Morgan fingerprint density at radius 1 is 1.03 bits per heavy atom. The van der Waals surface area contributed by atoms with Gasteiger partial charge in [-0.05, 0) is 79.7 Å². The fourth-order valence-corrected chi connectivity index (χ4v) is 4.73. The molecule has 0 spiro atoms. The number of carbonyl (C=O) groups excluding carboxylic acids is 1. The van der Waals surface area contributed by atoms with Crippen LogP contribution in [0.25, 0.3) is 6.08 Å². The number of carbonyl (C=O) groups is 2. The van der Waals surface area contributed by atoms with Crippen LogP contribution in [-0.2, 0) is 11.3 Å². The highest BCUT2D eigenvalue weighted by molar-refractivity contribution is 8.18. The number of rotatable bonds is 9. The number of carboxylic acid groups (broad SMARTS) is 1. The molecule has 8 nitrogen and oxygen atoms in total. The van der Waals surface area contributed by atoms with Crippen molar-refractivity contribution in [3.8, 4) is 17.2 Å². The van der Waals surface area contributed by atoms with E-state index in [9.17, 15) is 14.7 Å². The van der Waals surface area contributed by atoms with Gasteiger partial charge in [0, 0.05) is 5.56 Å². The minimum absolute atomic E-state index is 0.0900. The lowest BCUT2D eigenvalue weighted by Gasteiger charge is -2.16. The monoisotopic (exact) mass is 532 g/mol. The van der Waals surface area contributed by atoms with Gasteiger partial charge in [0.25, 0.3) is 5.91 Å². The molecule has 0 aromatic heterocycles. The van der Waals surface area contributed by atoms with Gasteiger partial charge in [-0.2, -0.15) is 0 Å². The maximum atomic E-state index is 13.6. The van der Waals surface area contributed by atoms with E-state index < -0.39 is 5.97 Å². The van der Waals surface area contributed by atoms with Crippen LogP contribution in [0, 0.1) is 0 Å². The number of aliphatic imine (C=N–C) groups is 1. The van der Waals surface area contributed by atoms with E-state index >= 15 is 0 Å². The lowest BCUT2D eigenvalue weighted by Crippen LogP contribution is -2.28. The van der Waals surface area contributed by atoms with E-state index in [1.54, 1.807) is 49.5 Å². The van der Waals surface area contributed by atoms with Crippen molar-refractivity contribution in [2.24, 2.45) is 4.99 Å². The Morgan fingerprint density at radius 3 is 2.34 bits per heavy atom. The first-order valence-corrected chi connectivity index (χ1v) is 12.7. The van der Waals surface area contributed by atoms with Crippen molar-refractivity contribution in [1.29, 1.82) is 0 Å². The molecule has 9 heteroatoms. The highest BCUT2D eigenvalue weighted by Gasteiger charge is 2.34. The number of para-hydroxylation sites is 1. The Labute approximate surface area is 225 Å². The van der Waals surface area contributed by atoms with Crippen molar-refractivity contribution in [3.63, 3.8) is 0 Å². The second kappa shape index (κ2) is 11.9. The molecule has 196 valence electrons. The van der Waals surface area contributed by atoms with Gasteiger partial charge in [-0.1, -0.05) is 24.3 Å². The summed E-state index contributed by atoms with van der Waals surface area (Å²) in [5, 5.41) is 9.71. The first kappa shape index (κ1) is 26.8. The number of ether oxygens (including phenoxy) is 3.